The number of hydrogen-bond donors (Lipinski definition) is 7. The van der Waals surface area contributed by atoms with Crippen LogP contribution in [0.2, 0.25) is 5.02 Å². The molecule has 0 unspecified atom stereocenters. The number of esters is 1. The number of anilines is 2. The number of halogens is 1. The number of nitrogens with one attached hydrogen (secondary N) is 3. The minimum Gasteiger partial charge on any atom is -0.481 e. The van der Waals surface area contributed by atoms with Crippen molar-refractivity contribution >= 4 is 58.2 Å². The Hall–Kier alpha value is -5.81. The number of carbonyl (C=O) groups is 4. The van der Waals surface area contributed by atoms with Crippen molar-refractivity contribution < 1.29 is 44.0 Å². The predicted octanol–water partition coefficient (Wildman–Crippen LogP) is 2.62. The number of aliphatic carboxylic acids is 2. The summed E-state index contributed by atoms with van der Waals surface area (Å²) in [6.07, 6.45) is 0.858. The van der Waals surface area contributed by atoms with Gasteiger partial charge in [0.1, 0.15) is 11.8 Å². The maximum Gasteiger partial charge on any atom is 0.349 e. The maximum atomic E-state index is 12.3. The van der Waals surface area contributed by atoms with E-state index >= 15 is 0 Å². The van der Waals surface area contributed by atoms with E-state index in [-0.39, 0.29) is 48.0 Å². The van der Waals surface area contributed by atoms with Crippen LogP contribution in [-0.2, 0) is 25.7 Å². The first-order valence-corrected chi connectivity index (χ1v) is 15.2. The van der Waals surface area contributed by atoms with Crippen LogP contribution >= 0.6 is 11.6 Å². The molecule has 2 heterocycles. The highest BCUT2D eigenvalue weighted by atomic mass is 35.5. The van der Waals surface area contributed by atoms with Crippen LogP contribution in [0.25, 0.3) is 11.2 Å². The molecule has 0 aliphatic rings. The number of aromatic amines is 1. The molecule has 2 aromatic heterocycles. The standard InChI is InChI=1S/C19H19N7O6.C12H15ClO3.CH4O/c20-19-25-15-14(17(30)26-19)23-11(8-22-15)7-21-10-3-1-9(2-4-10)16(29)24-12(18(31)32)5-6-13(27)28;1-4-15-11(14)12(2,3)16-10-7-5-9(13)6-8-10;1-2/h1-4,8,12,21H,5-7H2,(H,24,29)(H,27,28)(H,31,32)(H3,20,22,25,26,30);5-8H,4H2,1-3H3;2H,1H3/t12-;;/m0../s1. The average molecular weight is 716 g/mol. The summed E-state index contributed by atoms with van der Waals surface area (Å²) in [6.45, 7) is 5.66. The SMILES string of the molecule is CCOC(=O)C(C)(C)Oc1ccc(Cl)cc1.CO.Nc1nc(=O)c2nc(CNc3ccc(C(=O)N[C@@H](CCC(=O)O)C(=O)O)cc3)cnc2[nH]1. The molecule has 2 aromatic carbocycles. The van der Waals surface area contributed by atoms with Crippen molar-refractivity contribution in [3.8, 4) is 5.75 Å². The summed E-state index contributed by atoms with van der Waals surface area (Å²) in [6, 6.07) is 11.7. The summed E-state index contributed by atoms with van der Waals surface area (Å²) in [7, 11) is 1.00. The number of nitrogens with zero attached hydrogens (tertiary/aromatic N) is 3. The number of benzene rings is 2. The molecule has 1 amide bonds. The summed E-state index contributed by atoms with van der Waals surface area (Å²) < 4.78 is 10.5. The minimum absolute atomic E-state index is 0.0524. The first-order valence-electron chi connectivity index (χ1n) is 14.9. The molecule has 0 fully saturated rings. The van der Waals surface area contributed by atoms with E-state index in [1.165, 1.54) is 18.3 Å². The molecule has 0 aliphatic carbocycles. The van der Waals surface area contributed by atoms with Crippen LogP contribution < -0.4 is 26.7 Å². The number of aliphatic hydroxyl groups excluding tert-OH is 1. The van der Waals surface area contributed by atoms with Gasteiger partial charge in [-0.05, 0) is 75.7 Å². The fourth-order valence-electron chi connectivity index (χ4n) is 3.91. The molecule has 1 atom stereocenters. The lowest BCUT2D eigenvalue weighted by Gasteiger charge is -2.23. The van der Waals surface area contributed by atoms with E-state index in [1.54, 1.807) is 57.2 Å². The summed E-state index contributed by atoms with van der Waals surface area (Å²) in [5.41, 5.74) is 5.48. The highest BCUT2D eigenvalue weighted by molar-refractivity contribution is 6.30. The number of nitrogens with two attached hydrogens (primary N) is 1. The van der Waals surface area contributed by atoms with Gasteiger partial charge in [-0.2, -0.15) is 4.98 Å². The van der Waals surface area contributed by atoms with Gasteiger partial charge in [-0.3, -0.25) is 14.4 Å². The Morgan fingerprint density at radius 3 is 2.24 bits per heavy atom. The number of carboxylic acid groups (broad SMARTS) is 2. The quantitative estimate of drug-likeness (QED) is 0.0981. The molecule has 8 N–H and O–H groups in total. The highest BCUT2D eigenvalue weighted by Gasteiger charge is 2.31. The van der Waals surface area contributed by atoms with Gasteiger partial charge in [0.15, 0.2) is 16.8 Å². The van der Waals surface area contributed by atoms with Crippen molar-refractivity contribution in [1.29, 1.82) is 0 Å². The highest BCUT2D eigenvalue weighted by Crippen LogP contribution is 2.21. The molecule has 18 heteroatoms. The Balaban J connectivity index is 0.000000405. The van der Waals surface area contributed by atoms with Crippen LogP contribution in [0.4, 0.5) is 11.6 Å². The Kier molecular flexibility index (Phi) is 15.5. The van der Waals surface area contributed by atoms with Gasteiger partial charge in [-0.15, -0.1) is 0 Å². The number of amides is 1. The number of nitrogen functional groups attached to an aromatic ring is 1. The number of ether oxygens (including phenoxy) is 2. The van der Waals surface area contributed by atoms with Crippen LogP contribution in [0.15, 0.2) is 59.5 Å². The fourth-order valence-corrected chi connectivity index (χ4v) is 4.03. The van der Waals surface area contributed by atoms with Crippen molar-refractivity contribution in [2.45, 2.75) is 51.8 Å². The molecular weight excluding hydrogens is 678 g/mol. The molecule has 0 saturated carbocycles. The number of hydrogen-bond acceptors (Lipinski definition) is 13. The summed E-state index contributed by atoms with van der Waals surface area (Å²) in [5, 5.41) is 30.8. The zero-order chi connectivity index (χ0) is 37.4. The number of carbonyl (C=O) groups excluding carboxylic acids is 2. The Labute approximate surface area is 290 Å². The van der Waals surface area contributed by atoms with Crippen LogP contribution in [0, 0.1) is 0 Å². The lowest BCUT2D eigenvalue weighted by atomic mass is 10.1. The molecule has 0 radical (unpaired) electrons. The topological polar surface area (TPSA) is 269 Å². The van der Waals surface area contributed by atoms with Gasteiger partial charge in [0.2, 0.25) is 5.95 Å². The van der Waals surface area contributed by atoms with Gasteiger partial charge in [-0.1, -0.05) is 11.6 Å². The Morgan fingerprint density at radius 1 is 1.02 bits per heavy atom. The molecule has 4 rings (SSSR count). The second kappa shape index (κ2) is 19.3. The number of rotatable bonds is 13. The summed E-state index contributed by atoms with van der Waals surface area (Å²) in [5.74, 6) is -2.95. The molecule has 0 spiro atoms. The van der Waals surface area contributed by atoms with Crippen molar-refractivity contribution in [1.82, 2.24) is 25.3 Å². The average Bonchev–Trinajstić information content (AvgIpc) is 3.08. The molecule has 0 aliphatic heterocycles. The van der Waals surface area contributed by atoms with Crippen LogP contribution in [0.3, 0.4) is 0 Å². The van der Waals surface area contributed by atoms with Gasteiger partial charge in [-0.25, -0.2) is 19.6 Å². The number of H-pyrrole nitrogens is 1. The normalized spacial score (nSPS) is 11.1. The largest absolute Gasteiger partial charge is 0.481 e. The minimum atomic E-state index is -1.31. The monoisotopic (exact) mass is 715 g/mol. The molecule has 0 bridgehead atoms. The molecule has 4 aromatic rings. The van der Waals surface area contributed by atoms with E-state index in [2.05, 4.69) is 30.6 Å². The second-order valence-corrected chi connectivity index (χ2v) is 10.9. The first-order chi connectivity index (χ1) is 23.7. The molecule has 0 saturated heterocycles. The van der Waals surface area contributed by atoms with Crippen molar-refractivity contribution in [3.63, 3.8) is 0 Å². The zero-order valence-corrected chi connectivity index (χ0v) is 28.4. The van der Waals surface area contributed by atoms with Gasteiger partial charge in [0, 0.05) is 29.8 Å². The molecular formula is C32H38ClN7O10. The third kappa shape index (κ3) is 12.7. The zero-order valence-electron chi connectivity index (χ0n) is 27.6. The summed E-state index contributed by atoms with van der Waals surface area (Å²) in [4.78, 5) is 72.1. The third-order valence-corrected chi connectivity index (χ3v) is 6.57. The van der Waals surface area contributed by atoms with E-state index in [4.69, 9.17) is 42.1 Å². The number of aromatic nitrogens is 4. The second-order valence-electron chi connectivity index (χ2n) is 10.5. The van der Waals surface area contributed by atoms with E-state index in [1.807, 2.05) is 0 Å². The van der Waals surface area contributed by atoms with E-state index < -0.39 is 35.0 Å². The van der Waals surface area contributed by atoms with E-state index in [0.717, 1.165) is 7.11 Å². The van der Waals surface area contributed by atoms with E-state index in [9.17, 15) is 24.0 Å². The van der Waals surface area contributed by atoms with Crippen LogP contribution in [0.5, 0.6) is 5.75 Å². The summed E-state index contributed by atoms with van der Waals surface area (Å²) >= 11 is 5.75. The lowest BCUT2D eigenvalue weighted by Crippen LogP contribution is -2.41. The third-order valence-electron chi connectivity index (χ3n) is 6.32. The fraction of sp³-hybridized carbons (Fsp3) is 0.312. The molecule has 17 nitrogen and oxygen atoms in total. The van der Waals surface area contributed by atoms with Crippen LogP contribution in [0.1, 0.15) is 49.7 Å². The van der Waals surface area contributed by atoms with Gasteiger partial charge in [0.05, 0.1) is 25.0 Å². The molecule has 268 valence electrons. The Morgan fingerprint density at radius 2 is 1.66 bits per heavy atom. The smallest absolute Gasteiger partial charge is 0.349 e. The van der Waals surface area contributed by atoms with Gasteiger partial charge >= 0.3 is 23.5 Å². The van der Waals surface area contributed by atoms with Crippen molar-refractivity contribution in [2.24, 2.45) is 0 Å². The number of aliphatic hydroxyl groups is 1. The van der Waals surface area contributed by atoms with Gasteiger partial charge < -0.3 is 46.1 Å². The Bertz CT molecular complexity index is 1820. The first kappa shape index (κ1) is 40.4. The van der Waals surface area contributed by atoms with Crippen molar-refractivity contribution in [3.05, 3.63) is 81.4 Å². The predicted molar refractivity (Wildman–Crippen MR) is 183 cm³/mol. The van der Waals surface area contributed by atoms with Crippen molar-refractivity contribution in [2.75, 3.05) is 24.8 Å². The number of fused-ring (bicyclic) bond motifs is 1. The van der Waals surface area contributed by atoms with Gasteiger partial charge in [0.25, 0.3) is 5.91 Å². The van der Waals surface area contributed by atoms with Crippen LogP contribution in [-0.4, -0.2) is 84.4 Å². The number of carboxylic acids is 2. The maximum absolute atomic E-state index is 12.3. The van der Waals surface area contributed by atoms with E-state index in [0.29, 0.717) is 28.8 Å². The molecule has 50 heavy (non-hydrogen) atoms. The lowest BCUT2D eigenvalue weighted by molar-refractivity contribution is -0.158.